The lowest BCUT2D eigenvalue weighted by molar-refractivity contribution is 0.0779. The lowest BCUT2D eigenvalue weighted by atomic mass is 10.1. The molecule has 0 amide bonds. The van der Waals surface area contributed by atoms with Crippen LogP contribution in [0.4, 0.5) is 0 Å². The minimum absolute atomic E-state index is 0.0309. The quantitative estimate of drug-likeness (QED) is 0.799. The topological polar surface area (TPSA) is 21.6 Å². The average Bonchev–Trinajstić information content (AvgIpc) is 2.68. The third-order valence-corrected chi connectivity index (χ3v) is 3.89. The summed E-state index contributed by atoms with van der Waals surface area (Å²) >= 11 is 0. The molecule has 21 heavy (non-hydrogen) atoms. The molecule has 0 N–H and O–H groups in total. The zero-order valence-corrected chi connectivity index (χ0v) is 11.5. The van der Waals surface area contributed by atoms with Gasteiger partial charge in [0.05, 0.1) is 0 Å². The van der Waals surface area contributed by atoms with Crippen LogP contribution in [0.2, 0.25) is 0 Å². The van der Waals surface area contributed by atoms with Gasteiger partial charge in [-0.3, -0.25) is 4.99 Å². The van der Waals surface area contributed by atoms with Crippen LogP contribution in [0.3, 0.4) is 0 Å². The van der Waals surface area contributed by atoms with Gasteiger partial charge in [-0.15, -0.1) is 0 Å². The molecule has 1 aliphatic heterocycles. The number of hydrogen-bond acceptors (Lipinski definition) is 2. The third kappa shape index (κ3) is 2.14. The maximum absolute atomic E-state index is 6.31. The molecule has 4 rings (SSSR count). The number of aliphatic imine (C=N–C) groups is 1. The van der Waals surface area contributed by atoms with E-state index >= 15 is 0 Å². The van der Waals surface area contributed by atoms with Crippen molar-refractivity contribution in [2.24, 2.45) is 4.99 Å². The summed E-state index contributed by atoms with van der Waals surface area (Å²) in [5.41, 5.74) is 5.01. The number of benzene rings is 2. The van der Waals surface area contributed by atoms with E-state index in [1.54, 1.807) is 6.20 Å². The predicted octanol–water partition coefficient (Wildman–Crippen LogP) is 4.30. The third-order valence-electron chi connectivity index (χ3n) is 3.89. The van der Waals surface area contributed by atoms with Crippen molar-refractivity contribution < 1.29 is 4.74 Å². The van der Waals surface area contributed by atoms with E-state index in [2.05, 4.69) is 53.5 Å². The number of ether oxygens (including phenoxy) is 1. The molecule has 1 heterocycles. The molecule has 1 unspecified atom stereocenters. The number of fused-ring (bicyclic) bond motifs is 3. The first kappa shape index (κ1) is 12.3. The van der Waals surface area contributed by atoms with Crippen LogP contribution in [0.1, 0.15) is 17.2 Å². The minimum atomic E-state index is -0.107. The zero-order valence-electron chi connectivity index (χ0n) is 11.5. The molecule has 102 valence electrons. The van der Waals surface area contributed by atoms with Crippen LogP contribution in [0.15, 0.2) is 78.0 Å². The van der Waals surface area contributed by atoms with Crippen molar-refractivity contribution in [1.29, 1.82) is 0 Å². The number of rotatable bonds is 2. The second kappa shape index (κ2) is 5.15. The van der Waals surface area contributed by atoms with E-state index in [0.717, 1.165) is 0 Å². The Kier molecular flexibility index (Phi) is 3.02. The largest absolute Gasteiger partial charge is 0.356 e. The van der Waals surface area contributed by atoms with E-state index in [1.165, 1.54) is 22.3 Å². The fourth-order valence-electron chi connectivity index (χ4n) is 2.95. The summed E-state index contributed by atoms with van der Waals surface area (Å²) in [6.07, 6.45) is 9.39. The maximum atomic E-state index is 6.31. The lowest BCUT2D eigenvalue weighted by Crippen LogP contribution is -2.15. The zero-order chi connectivity index (χ0) is 14.1. The van der Waals surface area contributed by atoms with Crippen molar-refractivity contribution >= 4 is 6.21 Å². The molecule has 1 aliphatic carbocycles. The van der Waals surface area contributed by atoms with E-state index in [4.69, 9.17) is 4.74 Å². The van der Waals surface area contributed by atoms with Gasteiger partial charge in [-0.2, -0.15) is 0 Å². The van der Waals surface area contributed by atoms with Gasteiger partial charge in [0.2, 0.25) is 0 Å². The normalized spacial score (nSPS) is 19.3. The van der Waals surface area contributed by atoms with Gasteiger partial charge in [-0.05, 0) is 28.3 Å². The van der Waals surface area contributed by atoms with Gasteiger partial charge >= 0.3 is 0 Å². The van der Waals surface area contributed by atoms with Crippen LogP contribution in [-0.4, -0.2) is 12.3 Å². The van der Waals surface area contributed by atoms with Crippen molar-refractivity contribution in [2.45, 2.75) is 12.2 Å². The van der Waals surface area contributed by atoms with E-state index in [1.807, 2.05) is 24.4 Å². The highest BCUT2D eigenvalue weighted by Crippen LogP contribution is 2.45. The Balaban J connectivity index is 1.75. The fraction of sp³-hybridized carbons (Fsp3) is 0.105. The summed E-state index contributed by atoms with van der Waals surface area (Å²) in [7, 11) is 0. The minimum Gasteiger partial charge on any atom is -0.356 e. The molecule has 0 spiro atoms. The van der Waals surface area contributed by atoms with Crippen molar-refractivity contribution in [1.82, 2.24) is 0 Å². The Hall–Kier alpha value is -2.45. The van der Waals surface area contributed by atoms with Gasteiger partial charge < -0.3 is 4.74 Å². The number of allylic oxidation sites excluding steroid dienone is 2. The van der Waals surface area contributed by atoms with Crippen molar-refractivity contribution in [3.63, 3.8) is 0 Å². The summed E-state index contributed by atoms with van der Waals surface area (Å²) in [5, 5.41) is 0. The van der Waals surface area contributed by atoms with Crippen LogP contribution in [0.25, 0.3) is 11.1 Å². The SMILES string of the molecule is C1=CN=CC(OC2c3ccccc3-c3ccccc32)C=C1. The smallest absolute Gasteiger partial charge is 0.112 e. The van der Waals surface area contributed by atoms with Crippen molar-refractivity contribution in [3.8, 4) is 11.1 Å². The van der Waals surface area contributed by atoms with Crippen molar-refractivity contribution in [2.75, 3.05) is 0 Å². The van der Waals surface area contributed by atoms with Crippen LogP contribution in [0, 0.1) is 0 Å². The Morgan fingerprint density at radius 3 is 2.19 bits per heavy atom. The molecule has 0 saturated carbocycles. The lowest BCUT2D eigenvalue weighted by Gasteiger charge is -2.18. The van der Waals surface area contributed by atoms with Gasteiger partial charge in [0.1, 0.15) is 12.2 Å². The molecule has 2 nitrogen and oxygen atoms in total. The Morgan fingerprint density at radius 2 is 1.48 bits per heavy atom. The van der Waals surface area contributed by atoms with Crippen LogP contribution >= 0.6 is 0 Å². The highest BCUT2D eigenvalue weighted by atomic mass is 16.5. The molecule has 0 radical (unpaired) electrons. The molecule has 2 aromatic rings. The predicted molar refractivity (Wildman–Crippen MR) is 85.4 cm³/mol. The second-order valence-corrected chi connectivity index (χ2v) is 5.18. The van der Waals surface area contributed by atoms with E-state index in [-0.39, 0.29) is 12.2 Å². The fourth-order valence-corrected chi connectivity index (χ4v) is 2.95. The number of hydrogen-bond donors (Lipinski definition) is 0. The van der Waals surface area contributed by atoms with E-state index in [0.29, 0.717) is 0 Å². The first-order valence-corrected chi connectivity index (χ1v) is 7.14. The van der Waals surface area contributed by atoms with Crippen LogP contribution in [0.5, 0.6) is 0 Å². The molecule has 2 aliphatic rings. The summed E-state index contributed by atoms with van der Waals surface area (Å²) < 4.78 is 6.31. The average molecular weight is 273 g/mol. The summed E-state index contributed by atoms with van der Waals surface area (Å²) in [6, 6.07) is 16.9. The first-order valence-electron chi connectivity index (χ1n) is 7.14. The molecule has 0 saturated heterocycles. The molecule has 0 bridgehead atoms. The molecular formula is C19H15NO. The summed E-state index contributed by atoms with van der Waals surface area (Å²) in [5.74, 6) is 0. The highest BCUT2D eigenvalue weighted by molar-refractivity contribution is 5.78. The Morgan fingerprint density at radius 1 is 0.810 bits per heavy atom. The molecule has 1 atom stereocenters. The van der Waals surface area contributed by atoms with E-state index in [9.17, 15) is 0 Å². The molecule has 0 aromatic heterocycles. The standard InChI is InChI=1S/C19H15NO/c1-3-10-17-15(8-1)16-9-2-4-11-18(16)19(17)21-14-7-5-6-12-20-13-14/h1-14,19H. The van der Waals surface area contributed by atoms with Crippen molar-refractivity contribution in [3.05, 3.63) is 84.1 Å². The summed E-state index contributed by atoms with van der Waals surface area (Å²) in [6.45, 7) is 0. The van der Waals surface area contributed by atoms with Gasteiger partial charge in [-0.25, -0.2) is 0 Å². The molecule has 0 fully saturated rings. The monoisotopic (exact) mass is 273 g/mol. The molecular weight excluding hydrogens is 258 g/mol. The Bertz CT molecular complexity index is 696. The maximum Gasteiger partial charge on any atom is 0.112 e. The second-order valence-electron chi connectivity index (χ2n) is 5.18. The van der Waals surface area contributed by atoms with Crippen LogP contribution < -0.4 is 0 Å². The van der Waals surface area contributed by atoms with Gasteiger partial charge in [0.25, 0.3) is 0 Å². The highest BCUT2D eigenvalue weighted by Gasteiger charge is 2.29. The molecule has 2 aromatic carbocycles. The Labute approximate surface area is 124 Å². The van der Waals surface area contributed by atoms with Crippen LogP contribution in [-0.2, 0) is 4.74 Å². The first-order chi connectivity index (χ1) is 10.4. The van der Waals surface area contributed by atoms with E-state index < -0.39 is 0 Å². The summed E-state index contributed by atoms with van der Waals surface area (Å²) in [4.78, 5) is 4.21. The van der Waals surface area contributed by atoms with Gasteiger partial charge in [0, 0.05) is 12.4 Å². The van der Waals surface area contributed by atoms with Gasteiger partial charge in [-0.1, -0.05) is 60.7 Å². The number of nitrogens with zero attached hydrogens (tertiary/aromatic N) is 1. The van der Waals surface area contributed by atoms with Gasteiger partial charge in [0.15, 0.2) is 0 Å². The molecule has 2 heteroatoms.